The van der Waals surface area contributed by atoms with Crippen molar-refractivity contribution < 1.29 is 60.1 Å². The Morgan fingerprint density at radius 2 is 1.62 bits per heavy atom. The normalized spacial score (nSPS) is 12.4. The van der Waals surface area contributed by atoms with E-state index in [0.29, 0.717) is 22.9 Å². The number of hydrogen-bond donors (Lipinski definition) is 2. The first kappa shape index (κ1) is 27.0. The van der Waals surface area contributed by atoms with E-state index in [4.69, 9.17) is 4.74 Å². The molecule has 15 heteroatoms. The first-order chi connectivity index (χ1) is 17.1. The van der Waals surface area contributed by atoms with Gasteiger partial charge in [0.05, 0.1) is 10.9 Å². The van der Waals surface area contributed by atoms with Crippen molar-refractivity contribution in [3.63, 3.8) is 0 Å². The fourth-order valence-corrected chi connectivity index (χ4v) is 2.95. The zero-order valence-electron chi connectivity index (χ0n) is 18.2. The number of rotatable bonds is 5. The van der Waals surface area contributed by atoms with Crippen molar-refractivity contribution in [3.8, 4) is 23.0 Å². The topological polar surface area (TPSA) is 110 Å². The minimum Gasteiger partial charge on any atom is -0.504 e. The maximum absolute atomic E-state index is 14.9. The number of ketones is 1. The number of phenolic OH excluding ortho intramolecular Hbond substituents is 1. The van der Waals surface area contributed by atoms with Crippen LogP contribution in [0.15, 0.2) is 53.7 Å². The SMILES string of the molecule is CC(=O)c1cc(=NC(=O)c2c(Oc3ccc(OC(F)(F)F)cc3O)ccc(C(F)(F)F)c2F)ccn1O. The Kier molecular flexibility index (Phi) is 7.18. The van der Waals surface area contributed by atoms with Gasteiger partial charge in [-0.2, -0.15) is 17.9 Å². The number of hydrogen-bond acceptors (Lipinski definition) is 6. The van der Waals surface area contributed by atoms with E-state index in [1.165, 1.54) is 0 Å². The second kappa shape index (κ2) is 9.83. The summed E-state index contributed by atoms with van der Waals surface area (Å²) in [4.78, 5) is 27.8. The molecule has 0 bridgehead atoms. The Bertz CT molecular complexity index is 1440. The molecule has 0 spiro atoms. The standard InChI is InChI=1S/C22H13F7N2O6/c1-10(32)14-8-11(6-7-31(14)35)30-20(34)18-17(5-3-13(19(18)23)21(24,25)26)36-16-4-2-12(9-15(16)33)37-22(27,28)29/h2-9,33,35H,1H3. The molecule has 1 heterocycles. The second-order valence-electron chi connectivity index (χ2n) is 7.17. The molecule has 0 saturated carbocycles. The number of phenols is 1. The molecule has 0 atom stereocenters. The van der Waals surface area contributed by atoms with Crippen molar-refractivity contribution >= 4 is 11.7 Å². The van der Waals surface area contributed by atoms with Gasteiger partial charge >= 0.3 is 12.5 Å². The van der Waals surface area contributed by atoms with E-state index in [0.717, 1.165) is 31.3 Å². The smallest absolute Gasteiger partial charge is 0.504 e. The molecule has 2 aromatic carbocycles. The van der Waals surface area contributed by atoms with Crippen molar-refractivity contribution in [2.45, 2.75) is 19.5 Å². The molecule has 0 aliphatic heterocycles. The number of carbonyl (C=O) groups excluding carboxylic acids is 2. The van der Waals surface area contributed by atoms with Gasteiger partial charge in [-0.05, 0) is 36.4 Å². The zero-order chi connectivity index (χ0) is 27.7. The predicted molar refractivity (Wildman–Crippen MR) is 108 cm³/mol. The van der Waals surface area contributed by atoms with E-state index in [2.05, 4.69) is 9.73 Å². The van der Waals surface area contributed by atoms with Crippen LogP contribution in [0.2, 0.25) is 0 Å². The minimum absolute atomic E-state index is 0.241. The lowest BCUT2D eigenvalue weighted by Gasteiger charge is -2.15. The highest BCUT2D eigenvalue weighted by Crippen LogP contribution is 2.40. The summed E-state index contributed by atoms with van der Waals surface area (Å²) in [5.74, 6) is -7.76. The van der Waals surface area contributed by atoms with Crippen molar-refractivity contribution in [1.82, 2.24) is 4.73 Å². The van der Waals surface area contributed by atoms with Crippen LogP contribution in [0.3, 0.4) is 0 Å². The van der Waals surface area contributed by atoms with Crippen LogP contribution in [0.5, 0.6) is 23.0 Å². The van der Waals surface area contributed by atoms with Crippen molar-refractivity contribution in [2.24, 2.45) is 4.99 Å². The molecule has 196 valence electrons. The molecular weight excluding hydrogens is 521 g/mol. The average molecular weight is 534 g/mol. The number of Topliss-reactive ketones (excluding diaryl/α,β-unsaturated/α-hetero) is 1. The van der Waals surface area contributed by atoms with Crippen molar-refractivity contribution in [3.05, 3.63) is 76.7 Å². The van der Waals surface area contributed by atoms with Gasteiger partial charge in [0, 0.05) is 19.2 Å². The maximum Gasteiger partial charge on any atom is 0.573 e. The lowest BCUT2D eigenvalue weighted by atomic mass is 10.1. The molecule has 2 N–H and O–H groups in total. The van der Waals surface area contributed by atoms with Gasteiger partial charge in [0.2, 0.25) is 0 Å². The van der Waals surface area contributed by atoms with E-state index >= 15 is 0 Å². The molecule has 1 amide bonds. The molecule has 0 aliphatic carbocycles. The van der Waals surface area contributed by atoms with Crippen molar-refractivity contribution in [2.75, 3.05) is 0 Å². The summed E-state index contributed by atoms with van der Waals surface area (Å²) in [5, 5.41) is 19.2. The largest absolute Gasteiger partial charge is 0.573 e. The molecule has 0 radical (unpaired) electrons. The Balaban J connectivity index is 2.12. The van der Waals surface area contributed by atoms with Crippen LogP contribution in [0.1, 0.15) is 33.3 Å². The third-order valence-electron chi connectivity index (χ3n) is 4.52. The molecule has 0 aliphatic rings. The van der Waals surface area contributed by atoms with Crippen LogP contribution < -0.4 is 14.8 Å². The molecule has 0 unspecified atom stereocenters. The lowest BCUT2D eigenvalue weighted by molar-refractivity contribution is -0.274. The van der Waals surface area contributed by atoms with E-state index in [1.807, 2.05) is 0 Å². The summed E-state index contributed by atoms with van der Waals surface area (Å²) in [7, 11) is 0. The summed E-state index contributed by atoms with van der Waals surface area (Å²) in [6, 6.07) is 4.55. The highest BCUT2D eigenvalue weighted by molar-refractivity contribution is 5.98. The van der Waals surface area contributed by atoms with Gasteiger partial charge in [0.15, 0.2) is 23.1 Å². The average Bonchev–Trinajstić information content (AvgIpc) is 2.74. The third kappa shape index (κ3) is 6.36. The fourth-order valence-electron chi connectivity index (χ4n) is 2.95. The molecule has 8 nitrogen and oxygen atoms in total. The maximum atomic E-state index is 14.9. The monoisotopic (exact) mass is 534 g/mol. The number of carbonyl (C=O) groups is 2. The van der Waals surface area contributed by atoms with Gasteiger partial charge in [-0.15, -0.1) is 13.2 Å². The van der Waals surface area contributed by atoms with Gasteiger partial charge < -0.3 is 19.8 Å². The molecule has 37 heavy (non-hydrogen) atoms. The summed E-state index contributed by atoms with van der Waals surface area (Å²) < 4.78 is 101. The Morgan fingerprint density at radius 1 is 0.973 bits per heavy atom. The first-order valence-corrected chi connectivity index (χ1v) is 9.75. The fraction of sp³-hybridized carbons (Fsp3) is 0.136. The highest BCUT2D eigenvalue weighted by Gasteiger charge is 2.37. The number of aromatic nitrogens is 1. The van der Waals surface area contributed by atoms with Crippen LogP contribution >= 0.6 is 0 Å². The molecule has 3 aromatic rings. The highest BCUT2D eigenvalue weighted by atomic mass is 19.4. The van der Waals surface area contributed by atoms with Gasteiger partial charge in [-0.1, -0.05) is 0 Å². The number of halogens is 7. The van der Waals surface area contributed by atoms with Crippen LogP contribution in [0, 0.1) is 5.82 Å². The number of pyridine rings is 1. The van der Waals surface area contributed by atoms with Crippen LogP contribution in [-0.4, -0.2) is 33.1 Å². The van der Waals surface area contributed by atoms with Crippen LogP contribution in [0.4, 0.5) is 30.7 Å². The van der Waals surface area contributed by atoms with Gasteiger partial charge in [-0.25, -0.2) is 9.38 Å². The van der Waals surface area contributed by atoms with E-state index in [9.17, 15) is 50.6 Å². The minimum atomic E-state index is -5.24. The summed E-state index contributed by atoms with van der Waals surface area (Å²) in [6.07, 6.45) is -9.44. The van der Waals surface area contributed by atoms with Gasteiger partial charge in [0.25, 0.3) is 5.91 Å². The molecule has 0 saturated heterocycles. The summed E-state index contributed by atoms with van der Waals surface area (Å²) in [5.41, 5.74) is -3.56. The molecule has 0 fully saturated rings. The molecular formula is C22H13F7N2O6. The number of aromatic hydroxyl groups is 1. The predicted octanol–water partition coefficient (Wildman–Crippen LogP) is 5.22. The first-order valence-electron chi connectivity index (χ1n) is 9.75. The van der Waals surface area contributed by atoms with E-state index in [-0.39, 0.29) is 17.1 Å². The molecule has 1 aromatic heterocycles. The van der Waals surface area contributed by atoms with Crippen molar-refractivity contribution in [1.29, 1.82) is 0 Å². The van der Waals surface area contributed by atoms with Crippen LogP contribution in [0.25, 0.3) is 0 Å². The Hall–Kier alpha value is -4.56. The molecule has 3 rings (SSSR count). The quantitative estimate of drug-likeness (QED) is 0.264. The third-order valence-corrected chi connectivity index (χ3v) is 4.52. The number of benzene rings is 2. The summed E-state index contributed by atoms with van der Waals surface area (Å²) in [6.45, 7) is 1.06. The number of ether oxygens (including phenoxy) is 2. The zero-order valence-corrected chi connectivity index (χ0v) is 18.2. The van der Waals surface area contributed by atoms with E-state index < -0.39 is 64.2 Å². The lowest BCUT2D eigenvalue weighted by Crippen LogP contribution is -2.17. The van der Waals surface area contributed by atoms with Crippen LogP contribution in [-0.2, 0) is 6.18 Å². The second-order valence-corrected chi connectivity index (χ2v) is 7.17. The van der Waals surface area contributed by atoms with Gasteiger partial charge in [-0.3, -0.25) is 9.59 Å². The van der Waals surface area contributed by atoms with Gasteiger partial charge in [0.1, 0.15) is 22.8 Å². The number of nitrogens with zero attached hydrogens (tertiary/aromatic N) is 2. The Morgan fingerprint density at radius 3 is 2.19 bits per heavy atom. The number of amides is 1. The number of alkyl halides is 6. The van der Waals surface area contributed by atoms with E-state index in [1.54, 1.807) is 0 Å². The Labute approximate surface area is 201 Å². The summed E-state index contributed by atoms with van der Waals surface area (Å²) >= 11 is 0.